The number of fused-ring (bicyclic) bond motifs is 1. The van der Waals surface area contributed by atoms with Gasteiger partial charge in [-0.3, -0.25) is 14.2 Å². The summed E-state index contributed by atoms with van der Waals surface area (Å²) in [5.74, 6) is -0.478. The minimum absolute atomic E-state index is 0.0253. The summed E-state index contributed by atoms with van der Waals surface area (Å²) in [5.41, 5.74) is 1.45. The highest BCUT2D eigenvalue weighted by Crippen LogP contribution is 2.19. The van der Waals surface area contributed by atoms with Crippen LogP contribution in [0, 0.1) is 6.92 Å². The third kappa shape index (κ3) is 3.05. The van der Waals surface area contributed by atoms with Gasteiger partial charge in [0, 0.05) is 0 Å². The van der Waals surface area contributed by atoms with Crippen LogP contribution in [-0.2, 0) is 16.1 Å². The monoisotopic (exact) mass is 296 g/mol. The lowest BCUT2D eigenvalue weighted by Crippen LogP contribution is -2.28. The van der Waals surface area contributed by atoms with E-state index in [1.807, 2.05) is 12.3 Å². The van der Waals surface area contributed by atoms with Crippen LogP contribution in [0.2, 0.25) is 0 Å². The minimum atomic E-state index is -0.966. The fraction of sp³-hybridized carbons (Fsp3) is 0.462. The lowest BCUT2D eigenvalue weighted by Gasteiger charge is -2.11. The van der Waals surface area contributed by atoms with Crippen molar-refractivity contribution >= 4 is 27.5 Å². The highest BCUT2D eigenvalue weighted by molar-refractivity contribution is 7.17. The molecule has 0 saturated carbocycles. The molecular weight excluding hydrogens is 280 g/mol. The fourth-order valence-corrected chi connectivity index (χ4v) is 2.84. The third-order valence-corrected chi connectivity index (χ3v) is 3.91. The molecule has 2 rings (SSSR count). The van der Waals surface area contributed by atoms with E-state index >= 15 is 0 Å². The Labute approximate surface area is 119 Å². The molecule has 7 heteroatoms. The Morgan fingerprint density at radius 2 is 2.35 bits per heavy atom. The molecule has 2 aromatic rings. The predicted octanol–water partition coefficient (Wildman–Crippen LogP) is 1.08. The van der Waals surface area contributed by atoms with Crippen LogP contribution in [0.25, 0.3) is 10.2 Å². The van der Waals surface area contributed by atoms with Gasteiger partial charge in [-0.1, -0.05) is 0 Å². The molecule has 20 heavy (non-hydrogen) atoms. The Balaban J connectivity index is 2.16. The number of aromatic nitrogens is 2. The first kappa shape index (κ1) is 14.7. The van der Waals surface area contributed by atoms with Crippen molar-refractivity contribution in [1.82, 2.24) is 9.55 Å². The van der Waals surface area contributed by atoms with Crippen LogP contribution in [0.5, 0.6) is 0 Å². The molecule has 0 aliphatic carbocycles. The van der Waals surface area contributed by atoms with Gasteiger partial charge in [-0.05, 0) is 24.8 Å². The second kappa shape index (κ2) is 6.15. The van der Waals surface area contributed by atoms with Crippen molar-refractivity contribution in [3.63, 3.8) is 0 Å². The van der Waals surface area contributed by atoms with Gasteiger partial charge in [0.2, 0.25) is 0 Å². The standard InChI is InChI=1S/C13H16N2O4S/c1-3-19-10(17)4-9(16)5-15-7-14-11-8(2)6-20-12(11)13(15)18/h6-7,9,16H,3-5H2,1-2H3. The molecule has 1 N–H and O–H groups in total. The van der Waals surface area contributed by atoms with E-state index in [0.29, 0.717) is 10.2 Å². The minimum Gasteiger partial charge on any atom is -0.466 e. The van der Waals surface area contributed by atoms with Crippen LogP contribution >= 0.6 is 11.3 Å². The maximum atomic E-state index is 12.2. The van der Waals surface area contributed by atoms with Gasteiger partial charge >= 0.3 is 5.97 Å². The van der Waals surface area contributed by atoms with E-state index in [0.717, 1.165) is 5.56 Å². The van der Waals surface area contributed by atoms with Gasteiger partial charge in [-0.2, -0.15) is 0 Å². The second-order valence-electron chi connectivity index (χ2n) is 4.46. The number of aliphatic hydroxyl groups excluding tert-OH is 1. The Morgan fingerprint density at radius 3 is 3.05 bits per heavy atom. The molecule has 0 aliphatic rings. The molecular formula is C13H16N2O4S. The third-order valence-electron chi connectivity index (χ3n) is 2.84. The summed E-state index contributed by atoms with van der Waals surface area (Å²) in [6, 6.07) is 0. The van der Waals surface area contributed by atoms with Crippen molar-refractivity contribution in [3.8, 4) is 0 Å². The van der Waals surface area contributed by atoms with Crippen molar-refractivity contribution in [3.05, 3.63) is 27.6 Å². The molecule has 0 aromatic carbocycles. The number of nitrogens with zero attached hydrogens (tertiary/aromatic N) is 2. The van der Waals surface area contributed by atoms with Crippen molar-refractivity contribution in [1.29, 1.82) is 0 Å². The van der Waals surface area contributed by atoms with Gasteiger partial charge in [-0.15, -0.1) is 11.3 Å². The Kier molecular flexibility index (Phi) is 4.51. The van der Waals surface area contributed by atoms with E-state index in [1.165, 1.54) is 22.2 Å². The van der Waals surface area contributed by atoms with Crippen LogP contribution in [-0.4, -0.2) is 33.3 Å². The van der Waals surface area contributed by atoms with Gasteiger partial charge in [0.1, 0.15) is 4.70 Å². The van der Waals surface area contributed by atoms with E-state index in [9.17, 15) is 14.7 Å². The summed E-state index contributed by atoms with van der Waals surface area (Å²) in [4.78, 5) is 27.7. The summed E-state index contributed by atoms with van der Waals surface area (Å²) >= 11 is 1.33. The highest BCUT2D eigenvalue weighted by atomic mass is 32.1. The summed E-state index contributed by atoms with van der Waals surface area (Å²) < 4.78 is 6.64. The molecule has 2 heterocycles. The van der Waals surface area contributed by atoms with E-state index < -0.39 is 12.1 Å². The molecule has 1 unspecified atom stereocenters. The molecule has 0 fully saturated rings. The van der Waals surface area contributed by atoms with Gasteiger partial charge in [0.05, 0.1) is 37.5 Å². The number of rotatable bonds is 5. The Bertz CT molecular complexity index is 677. The van der Waals surface area contributed by atoms with E-state index in [2.05, 4.69) is 4.98 Å². The molecule has 6 nitrogen and oxygen atoms in total. The zero-order valence-corrected chi connectivity index (χ0v) is 12.1. The topological polar surface area (TPSA) is 81.4 Å². The quantitative estimate of drug-likeness (QED) is 0.835. The smallest absolute Gasteiger partial charge is 0.308 e. The Morgan fingerprint density at radius 1 is 1.60 bits per heavy atom. The zero-order valence-electron chi connectivity index (χ0n) is 11.3. The van der Waals surface area contributed by atoms with Crippen LogP contribution < -0.4 is 5.56 Å². The van der Waals surface area contributed by atoms with Crippen molar-refractivity contribution in [2.75, 3.05) is 6.61 Å². The lowest BCUT2D eigenvalue weighted by atomic mass is 10.2. The molecule has 0 spiro atoms. The fourth-order valence-electron chi connectivity index (χ4n) is 1.89. The first-order valence-electron chi connectivity index (χ1n) is 6.29. The molecule has 0 saturated heterocycles. The number of esters is 1. The van der Waals surface area contributed by atoms with Crippen LogP contribution in [0.4, 0.5) is 0 Å². The number of aliphatic hydroxyl groups is 1. The molecule has 0 amide bonds. The van der Waals surface area contributed by atoms with E-state index in [1.54, 1.807) is 6.92 Å². The van der Waals surface area contributed by atoms with Gasteiger partial charge in [0.25, 0.3) is 5.56 Å². The summed E-state index contributed by atoms with van der Waals surface area (Å²) in [6.45, 7) is 3.89. The second-order valence-corrected chi connectivity index (χ2v) is 5.34. The summed E-state index contributed by atoms with van der Waals surface area (Å²) in [7, 11) is 0. The average molecular weight is 296 g/mol. The first-order valence-corrected chi connectivity index (χ1v) is 7.17. The molecule has 2 aromatic heterocycles. The van der Waals surface area contributed by atoms with E-state index in [4.69, 9.17) is 4.74 Å². The number of hydrogen-bond donors (Lipinski definition) is 1. The van der Waals surface area contributed by atoms with Crippen molar-refractivity contribution in [2.45, 2.75) is 32.9 Å². The lowest BCUT2D eigenvalue weighted by molar-refractivity contribution is -0.145. The number of thiophene rings is 1. The van der Waals surface area contributed by atoms with Crippen molar-refractivity contribution < 1.29 is 14.6 Å². The number of hydrogen-bond acceptors (Lipinski definition) is 6. The predicted molar refractivity (Wildman–Crippen MR) is 75.9 cm³/mol. The average Bonchev–Trinajstić information content (AvgIpc) is 2.75. The van der Waals surface area contributed by atoms with Crippen LogP contribution in [0.1, 0.15) is 18.9 Å². The summed E-state index contributed by atoms with van der Waals surface area (Å²) in [5, 5.41) is 11.7. The molecule has 1 atom stereocenters. The SMILES string of the molecule is CCOC(=O)CC(O)Cn1cnc2c(C)csc2c1=O. The van der Waals surface area contributed by atoms with Gasteiger partial charge in [0.15, 0.2) is 0 Å². The van der Waals surface area contributed by atoms with Crippen LogP contribution in [0.3, 0.4) is 0 Å². The van der Waals surface area contributed by atoms with E-state index in [-0.39, 0.29) is 25.1 Å². The van der Waals surface area contributed by atoms with Crippen LogP contribution in [0.15, 0.2) is 16.5 Å². The number of carbonyl (C=O) groups excluding carboxylic acids is 1. The number of carbonyl (C=O) groups is 1. The summed E-state index contributed by atoms with van der Waals surface area (Å²) in [6.07, 6.45) is 0.299. The molecule has 0 radical (unpaired) electrons. The normalized spacial score (nSPS) is 12.6. The molecule has 108 valence electrons. The largest absolute Gasteiger partial charge is 0.466 e. The zero-order chi connectivity index (χ0) is 14.7. The molecule has 0 aliphatic heterocycles. The Hall–Kier alpha value is -1.73. The van der Waals surface area contributed by atoms with Crippen molar-refractivity contribution in [2.24, 2.45) is 0 Å². The highest BCUT2D eigenvalue weighted by Gasteiger charge is 2.15. The van der Waals surface area contributed by atoms with Gasteiger partial charge < -0.3 is 9.84 Å². The maximum absolute atomic E-state index is 12.2. The maximum Gasteiger partial charge on any atom is 0.308 e. The van der Waals surface area contributed by atoms with Gasteiger partial charge in [-0.25, -0.2) is 4.98 Å². The number of aryl methyl sites for hydroxylation is 1. The first-order chi connectivity index (χ1) is 9.52. The molecule has 0 bridgehead atoms. The number of ether oxygens (including phenoxy) is 1.